The molecule has 2 rings (SSSR count). The SMILES string of the molecule is CN(CC(=O)NCc1ccccc1)C(=O)[C@@H]1CCC[C@@H]1CN. The first-order chi connectivity index (χ1) is 10.6. The van der Waals surface area contributed by atoms with Gasteiger partial charge in [0.15, 0.2) is 0 Å². The van der Waals surface area contributed by atoms with Crippen LogP contribution in [0.15, 0.2) is 30.3 Å². The topological polar surface area (TPSA) is 75.4 Å². The highest BCUT2D eigenvalue weighted by atomic mass is 16.2. The summed E-state index contributed by atoms with van der Waals surface area (Å²) in [5.74, 6) is 0.157. The Morgan fingerprint density at radius 2 is 2.00 bits per heavy atom. The molecule has 120 valence electrons. The number of carbonyl (C=O) groups excluding carboxylic acids is 2. The number of benzene rings is 1. The van der Waals surface area contributed by atoms with E-state index in [1.807, 2.05) is 30.3 Å². The van der Waals surface area contributed by atoms with E-state index < -0.39 is 0 Å². The van der Waals surface area contributed by atoms with Crippen LogP contribution in [0.4, 0.5) is 0 Å². The van der Waals surface area contributed by atoms with Crippen LogP contribution < -0.4 is 11.1 Å². The quantitative estimate of drug-likeness (QED) is 0.827. The maximum absolute atomic E-state index is 12.4. The Morgan fingerprint density at radius 1 is 1.27 bits per heavy atom. The molecular weight excluding hydrogens is 278 g/mol. The molecule has 0 saturated heterocycles. The summed E-state index contributed by atoms with van der Waals surface area (Å²) < 4.78 is 0. The number of hydrogen-bond donors (Lipinski definition) is 2. The molecule has 22 heavy (non-hydrogen) atoms. The van der Waals surface area contributed by atoms with Gasteiger partial charge in [-0.3, -0.25) is 9.59 Å². The molecule has 1 fully saturated rings. The summed E-state index contributed by atoms with van der Waals surface area (Å²) in [6.45, 7) is 1.13. The molecule has 1 aromatic carbocycles. The van der Waals surface area contributed by atoms with Gasteiger partial charge in [0, 0.05) is 19.5 Å². The number of nitrogens with zero attached hydrogens (tertiary/aromatic N) is 1. The maximum Gasteiger partial charge on any atom is 0.239 e. The lowest BCUT2D eigenvalue weighted by Gasteiger charge is -2.24. The van der Waals surface area contributed by atoms with Gasteiger partial charge in [-0.05, 0) is 30.9 Å². The van der Waals surface area contributed by atoms with Gasteiger partial charge in [-0.25, -0.2) is 0 Å². The molecule has 5 heteroatoms. The zero-order chi connectivity index (χ0) is 15.9. The molecule has 3 N–H and O–H groups in total. The van der Waals surface area contributed by atoms with E-state index in [0.29, 0.717) is 13.1 Å². The van der Waals surface area contributed by atoms with Crippen LogP contribution >= 0.6 is 0 Å². The number of carbonyl (C=O) groups is 2. The van der Waals surface area contributed by atoms with Crippen molar-refractivity contribution in [1.82, 2.24) is 10.2 Å². The molecule has 0 spiro atoms. The molecule has 1 aromatic rings. The summed E-state index contributed by atoms with van der Waals surface area (Å²) in [5, 5.41) is 2.84. The van der Waals surface area contributed by atoms with Gasteiger partial charge in [-0.1, -0.05) is 36.8 Å². The second-order valence-electron chi connectivity index (χ2n) is 5.99. The molecule has 0 aromatic heterocycles. The monoisotopic (exact) mass is 303 g/mol. The van der Waals surface area contributed by atoms with Crippen LogP contribution in [0.1, 0.15) is 24.8 Å². The number of nitrogens with one attached hydrogen (secondary N) is 1. The molecule has 1 aliphatic rings. The number of likely N-dealkylation sites (N-methyl/N-ethyl adjacent to an activating group) is 1. The van der Waals surface area contributed by atoms with Crippen LogP contribution in [-0.4, -0.2) is 36.9 Å². The van der Waals surface area contributed by atoms with Gasteiger partial charge in [0.2, 0.25) is 11.8 Å². The highest BCUT2D eigenvalue weighted by molar-refractivity contribution is 5.86. The first-order valence-electron chi connectivity index (χ1n) is 7.87. The maximum atomic E-state index is 12.4. The molecule has 2 atom stereocenters. The second kappa shape index (κ2) is 7.94. The predicted molar refractivity (Wildman–Crippen MR) is 85.8 cm³/mol. The normalized spacial score (nSPS) is 20.6. The van der Waals surface area contributed by atoms with Crippen LogP contribution in [0.3, 0.4) is 0 Å². The number of nitrogens with two attached hydrogens (primary N) is 1. The number of rotatable bonds is 6. The van der Waals surface area contributed by atoms with Gasteiger partial charge in [0.05, 0.1) is 6.54 Å². The fourth-order valence-corrected chi connectivity index (χ4v) is 3.07. The van der Waals surface area contributed by atoms with E-state index in [0.717, 1.165) is 24.8 Å². The second-order valence-corrected chi connectivity index (χ2v) is 5.99. The van der Waals surface area contributed by atoms with Crippen molar-refractivity contribution in [3.63, 3.8) is 0 Å². The molecule has 0 radical (unpaired) electrons. The Labute approximate surface area is 131 Å². The van der Waals surface area contributed by atoms with Crippen molar-refractivity contribution in [3.05, 3.63) is 35.9 Å². The third kappa shape index (κ3) is 4.31. The zero-order valence-corrected chi connectivity index (χ0v) is 13.1. The van der Waals surface area contributed by atoms with Crippen LogP contribution in [0.25, 0.3) is 0 Å². The minimum absolute atomic E-state index is 0.0167. The first-order valence-corrected chi connectivity index (χ1v) is 7.87. The summed E-state index contributed by atoms with van der Waals surface area (Å²) >= 11 is 0. The van der Waals surface area contributed by atoms with Crippen molar-refractivity contribution < 1.29 is 9.59 Å². The van der Waals surface area contributed by atoms with Gasteiger partial charge in [0.1, 0.15) is 0 Å². The van der Waals surface area contributed by atoms with Gasteiger partial charge >= 0.3 is 0 Å². The Balaban J connectivity index is 1.79. The number of amides is 2. The third-order valence-corrected chi connectivity index (χ3v) is 4.37. The Morgan fingerprint density at radius 3 is 2.68 bits per heavy atom. The van der Waals surface area contributed by atoms with E-state index >= 15 is 0 Å². The average molecular weight is 303 g/mol. The molecule has 0 heterocycles. The van der Waals surface area contributed by atoms with Crippen LogP contribution in [0.2, 0.25) is 0 Å². The van der Waals surface area contributed by atoms with Gasteiger partial charge in [-0.15, -0.1) is 0 Å². The predicted octanol–water partition coefficient (Wildman–Crippen LogP) is 1.14. The molecule has 2 amide bonds. The van der Waals surface area contributed by atoms with Crippen molar-refractivity contribution in [2.75, 3.05) is 20.1 Å². The molecule has 1 aliphatic carbocycles. The molecule has 5 nitrogen and oxygen atoms in total. The average Bonchev–Trinajstić information content (AvgIpc) is 3.01. The van der Waals surface area contributed by atoms with Crippen molar-refractivity contribution in [2.24, 2.45) is 17.6 Å². The third-order valence-electron chi connectivity index (χ3n) is 4.37. The lowest BCUT2D eigenvalue weighted by atomic mass is 9.95. The summed E-state index contributed by atoms with van der Waals surface area (Å²) in [7, 11) is 1.69. The lowest BCUT2D eigenvalue weighted by molar-refractivity contribution is -0.138. The fourth-order valence-electron chi connectivity index (χ4n) is 3.07. The van der Waals surface area contributed by atoms with Crippen LogP contribution in [0, 0.1) is 11.8 Å². The summed E-state index contributed by atoms with van der Waals surface area (Å²) in [6, 6.07) is 9.72. The van der Waals surface area contributed by atoms with E-state index in [9.17, 15) is 9.59 Å². The van der Waals surface area contributed by atoms with Crippen molar-refractivity contribution in [3.8, 4) is 0 Å². The van der Waals surface area contributed by atoms with E-state index in [4.69, 9.17) is 5.73 Å². The smallest absolute Gasteiger partial charge is 0.239 e. The molecule has 1 saturated carbocycles. The Bertz CT molecular complexity index is 504. The highest BCUT2D eigenvalue weighted by Gasteiger charge is 2.33. The van der Waals surface area contributed by atoms with Crippen LogP contribution in [-0.2, 0) is 16.1 Å². The fraction of sp³-hybridized carbons (Fsp3) is 0.529. The summed E-state index contributed by atoms with van der Waals surface area (Å²) in [4.78, 5) is 25.9. The van der Waals surface area contributed by atoms with Crippen molar-refractivity contribution in [2.45, 2.75) is 25.8 Å². The summed E-state index contributed by atoms with van der Waals surface area (Å²) in [6.07, 6.45) is 2.95. The largest absolute Gasteiger partial charge is 0.350 e. The minimum atomic E-state index is -0.137. The standard InChI is InChI=1S/C17H25N3O2/c1-20(17(22)15-9-5-8-14(15)10-18)12-16(21)19-11-13-6-3-2-4-7-13/h2-4,6-7,14-15H,5,8-12,18H2,1H3,(H,19,21)/t14-,15-/m1/s1. The molecule has 0 unspecified atom stereocenters. The zero-order valence-electron chi connectivity index (χ0n) is 13.1. The van der Waals surface area contributed by atoms with Crippen molar-refractivity contribution >= 4 is 11.8 Å². The van der Waals surface area contributed by atoms with E-state index in [2.05, 4.69) is 5.32 Å². The first kappa shape index (κ1) is 16.5. The minimum Gasteiger partial charge on any atom is -0.350 e. The van der Waals surface area contributed by atoms with Crippen molar-refractivity contribution in [1.29, 1.82) is 0 Å². The van der Waals surface area contributed by atoms with Gasteiger partial charge < -0.3 is 16.0 Å². The van der Waals surface area contributed by atoms with Crippen LogP contribution in [0.5, 0.6) is 0 Å². The number of hydrogen-bond acceptors (Lipinski definition) is 3. The molecule has 0 aliphatic heterocycles. The Hall–Kier alpha value is -1.88. The molecular formula is C17H25N3O2. The van der Waals surface area contributed by atoms with Gasteiger partial charge in [0.25, 0.3) is 0 Å². The van der Waals surface area contributed by atoms with E-state index in [1.165, 1.54) is 4.90 Å². The van der Waals surface area contributed by atoms with Gasteiger partial charge in [-0.2, -0.15) is 0 Å². The lowest BCUT2D eigenvalue weighted by Crippen LogP contribution is -2.42. The highest BCUT2D eigenvalue weighted by Crippen LogP contribution is 2.32. The van der Waals surface area contributed by atoms with E-state index in [-0.39, 0.29) is 30.2 Å². The molecule has 0 bridgehead atoms. The van der Waals surface area contributed by atoms with E-state index in [1.54, 1.807) is 7.05 Å². The summed E-state index contributed by atoms with van der Waals surface area (Å²) in [5.41, 5.74) is 6.77. The Kier molecular flexibility index (Phi) is 5.95.